The van der Waals surface area contributed by atoms with E-state index in [9.17, 15) is 4.79 Å². The second kappa shape index (κ2) is 8.09. The summed E-state index contributed by atoms with van der Waals surface area (Å²) in [6.07, 6.45) is 6.84. The molecule has 0 radical (unpaired) electrons. The summed E-state index contributed by atoms with van der Waals surface area (Å²) in [7, 11) is 0. The molecule has 0 saturated heterocycles. The van der Waals surface area contributed by atoms with Crippen LogP contribution in [0.1, 0.15) is 19.4 Å². The number of rotatable bonds is 5. The summed E-state index contributed by atoms with van der Waals surface area (Å²) in [6, 6.07) is 17.3. The number of hydrogen-bond donors (Lipinski definition) is 0. The number of ether oxygens (including phenoxy) is 2. The van der Waals surface area contributed by atoms with Crippen molar-refractivity contribution in [2.24, 2.45) is 5.10 Å². The molecular formula is C20H18N2O3Se. The van der Waals surface area contributed by atoms with Gasteiger partial charge in [-0.3, -0.25) is 0 Å². The van der Waals surface area contributed by atoms with Crippen LogP contribution >= 0.6 is 0 Å². The maximum atomic E-state index is 12.0. The first-order valence-corrected chi connectivity index (χ1v) is 9.92. The van der Waals surface area contributed by atoms with Crippen molar-refractivity contribution >= 4 is 31.2 Å². The van der Waals surface area contributed by atoms with Gasteiger partial charge in [-0.1, -0.05) is 0 Å². The molecule has 1 heterocycles. The Kier molecular flexibility index (Phi) is 5.62. The Labute approximate surface area is 159 Å². The van der Waals surface area contributed by atoms with Crippen molar-refractivity contribution in [1.82, 2.24) is 5.01 Å². The Morgan fingerprint density at radius 3 is 2.58 bits per heavy atom. The number of amides is 1. The van der Waals surface area contributed by atoms with Crippen LogP contribution in [0.2, 0.25) is 4.82 Å². The molecule has 5 nitrogen and oxygen atoms in total. The van der Waals surface area contributed by atoms with E-state index in [1.165, 1.54) is 16.4 Å². The monoisotopic (exact) mass is 414 g/mol. The van der Waals surface area contributed by atoms with E-state index >= 15 is 0 Å². The van der Waals surface area contributed by atoms with Crippen LogP contribution < -0.4 is 9.20 Å². The maximum absolute atomic E-state index is 12.0. The van der Waals surface area contributed by atoms with E-state index in [1.54, 1.807) is 24.3 Å². The summed E-state index contributed by atoms with van der Waals surface area (Å²) in [4.78, 5) is 12.2. The van der Waals surface area contributed by atoms with Crippen molar-refractivity contribution in [3.8, 4) is 18.3 Å². The molecule has 0 bridgehead atoms. The van der Waals surface area contributed by atoms with Gasteiger partial charge >= 0.3 is 159 Å². The van der Waals surface area contributed by atoms with Gasteiger partial charge in [0.1, 0.15) is 0 Å². The standard InChI is InChI=1S/C20H18N2O3Se/c1-4-24-17-12-10-16(11-13-17)19-21-22(15(3)23)20(25-19)14(2)26-18-8-6-5-7-9-18/h1,5-14,20H,2-3H3. The fourth-order valence-electron chi connectivity index (χ4n) is 2.52. The first-order chi connectivity index (χ1) is 12.6. The zero-order valence-corrected chi connectivity index (χ0v) is 16.2. The van der Waals surface area contributed by atoms with E-state index in [2.05, 4.69) is 30.3 Å². The second-order valence-electron chi connectivity index (χ2n) is 5.66. The normalized spacial score (nSPS) is 17.0. The number of hydrogen-bond acceptors (Lipinski definition) is 4. The van der Waals surface area contributed by atoms with Crippen molar-refractivity contribution < 1.29 is 14.3 Å². The molecule has 1 aliphatic rings. The van der Waals surface area contributed by atoms with E-state index in [0.29, 0.717) is 11.6 Å². The SMILES string of the molecule is C#COc1ccc(C2=NN(C(C)=O)C(C(C)[Se]c3ccccc3)O2)cc1. The fraction of sp³-hybridized carbons (Fsp3) is 0.200. The quantitative estimate of drug-likeness (QED) is 0.559. The second-order valence-corrected chi connectivity index (χ2v) is 8.70. The number of carbonyl (C=O) groups is 1. The van der Waals surface area contributed by atoms with Crippen LogP contribution in [0.3, 0.4) is 0 Å². The van der Waals surface area contributed by atoms with Crippen molar-refractivity contribution in [3.05, 3.63) is 60.2 Å². The Morgan fingerprint density at radius 2 is 1.96 bits per heavy atom. The third kappa shape index (κ3) is 4.08. The summed E-state index contributed by atoms with van der Waals surface area (Å²) in [6.45, 7) is 3.57. The van der Waals surface area contributed by atoms with Gasteiger partial charge in [0, 0.05) is 0 Å². The molecule has 2 aromatic carbocycles. The molecule has 2 aromatic rings. The molecule has 6 heteroatoms. The molecule has 132 valence electrons. The number of nitrogens with zero attached hydrogens (tertiary/aromatic N) is 2. The molecule has 0 aliphatic carbocycles. The van der Waals surface area contributed by atoms with Crippen LogP contribution in [0.4, 0.5) is 0 Å². The van der Waals surface area contributed by atoms with Crippen LogP contribution in [0.5, 0.6) is 5.75 Å². The zero-order chi connectivity index (χ0) is 18.5. The summed E-state index contributed by atoms with van der Waals surface area (Å²) < 4.78 is 12.3. The predicted octanol–water partition coefficient (Wildman–Crippen LogP) is 2.36. The summed E-state index contributed by atoms with van der Waals surface area (Å²) in [5, 5.41) is 5.81. The zero-order valence-electron chi connectivity index (χ0n) is 14.5. The minimum absolute atomic E-state index is 0.138. The Hall–Kier alpha value is -2.74. The Bertz CT molecular complexity index is 844. The van der Waals surface area contributed by atoms with Crippen LogP contribution in [0.25, 0.3) is 0 Å². The van der Waals surface area contributed by atoms with E-state index < -0.39 is 6.23 Å². The Balaban J connectivity index is 1.77. The van der Waals surface area contributed by atoms with Gasteiger partial charge in [-0.15, -0.1) is 0 Å². The van der Waals surface area contributed by atoms with E-state index in [0.717, 1.165) is 5.56 Å². The van der Waals surface area contributed by atoms with Crippen molar-refractivity contribution in [2.75, 3.05) is 0 Å². The minimum atomic E-state index is -0.413. The number of terminal acetylenes is 1. The van der Waals surface area contributed by atoms with Gasteiger partial charge in [-0.05, 0) is 0 Å². The number of hydrazone groups is 1. The molecule has 0 N–H and O–H groups in total. The molecule has 1 amide bonds. The summed E-state index contributed by atoms with van der Waals surface area (Å²) >= 11 is 0.148. The molecule has 1 aliphatic heterocycles. The molecule has 26 heavy (non-hydrogen) atoms. The molecule has 0 spiro atoms. The van der Waals surface area contributed by atoms with Crippen LogP contribution in [0.15, 0.2) is 59.7 Å². The average molecular weight is 413 g/mol. The first-order valence-electron chi connectivity index (χ1n) is 8.08. The third-order valence-electron chi connectivity index (χ3n) is 3.74. The molecule has 2 atom stereocenters. The molecule has 3 rings (SSSR count). The van der Waals surface area contributed by atoms with Crippen molar-refractivity contribution in [2.45, 2.75) is 24.9 Å². The van der Waals surface area contributed by atoms with Crippen LogP contribution in [-0.2, 0) is 9.53 Å². The van der Waals surface area contributed by atoms with Gasteiger partial charge < -0.3 is 0 Å². The average Bonchev–Trinajstić information content (AvgIpc) is 3.09. The summed E-state index contributed by atoms with van der Waals surface area (Å²) in [5.74, 6) is 0.844. The van der Waals surface area contributed by atoms with E-state index in [1.807, 2.05) is 18.2 Å². The molecule has 2 unspecified atom stereocenters. The van der Waals surface area contributed by atoms with Crippen LogP contribution in [-0.4, -0.2) is 38.0 Å². The van der Waals surface area contributed by atoms with Crippen molar-refractivity contribution in [1.29, 1.82) is 0 Å². The topological polar surface area (TPSA) is 51.1 Å². The first kappa shape index (κ1) is 18.1. The van der Waals surface area contributed by atoms with Gasteiger partial charge in [0.2, 0.25) is 0 Å². The van der Waals surface area contributed by atoms with Gasteiger partial charge in [-0.25, -0.2) is 0 Å². The molecule has 0 fully saturated rings. The molecule has 0 aromatic heterocycles. The predicted molar refractivity (Wildman–Crippen MR) is 101 cm³/mol. The van der Waals surface area contributed by atoms with Gasteiger partial charge in [0.05, 0.1) is 0 Å². The number of carbonyl (C=O) groups excluding carboxylic acids is 1. The summed E-state index contributed by atoms with van der Waals surface area (Å²) in [5.41, 5.74) is 0.766. The van der Waals surface area contributed by atoms with Crippen molar-refractivity contribution in [3.63, 3.8) is 0 Å². The third-order valence-corrected chi connectivity index (χ3v) is 6.15. The molecular weight excluding hydrogens is 395 g/mol. The van der Waals surface area contributed by atoms with Crippen LogP contribution in [0, 0.1) is 12.5 Å². The Morgan fingerprint density at radius 1 is 1.27 bits per heavy atom. The number of benzene rings is 2. The van der Waals surface area contributed by atoms with Gasteiger partial charge in [-0.2, -0.15) is 0 Å². The van der Waals surface area contributed by atoms with E-state index in [-0.39, 0.29) is 25.7 Å². The molecule has 0 saturated carbocycles. The fourth-order valence-corrected chi connectivity index (χ4v) is 4.68. The van der Waals surface area contributed by atoms with E-state index in [4.69, 9.17) is 15.9 Å². The van der Waals surface area contributed by atoms with Gasteiger partial charge in [0.15, 0.2) is 0 Å². The van der Waals surface area contributed by atoms with Gasteiger partial charge in [0.25, 0.3) is 0 Å².